The van der Waals surface area contributed by atoms with Crippen LogP contribution in [0.2, 0.25) is 0 Å². The maximum atomic E-state index is 12.2. The van der Waals surface area contributed by atoms with Crippen LogP contribution in [0, 0.1) is 0 Å². The fourth-order valence-electron chi connectivity index (χ4n) is 2.10. The molecule has 0 spiro atoms. The summed E-state index contributed by atoms with van der Waals surface area (Å²) < 4.78 is 0. The molecule has 6 heteroatoms. The number of carbonyl (C=O) groups excluding carboxylic acids is 2. The first-order valence-electron chi connectivity index (χ1n) is 8.35. The van der Waals surface area contributed by atoms with Gasteiger partial charge in [-0.1, -0.05) is 30.3 Å². The zero-order valence-electron chi connectivity index (χ0n) is 15.2. The first kappa shape index (κ1) is 19.6. The Labute approximate surface area is 153 Å². The zero-order chi connectivity index (χ0) is 19.2. The van der Waals surface area contributed by atoms with E-state index in [0.717, 1.165) is 5.56 Å². The van der Waals surface area contributed by atoms with Crippen LogP contribution in [0.15, 0.2) is 54.6 Å². The van der Waals surface area contributed by atoms with E-state index in [2.05, 4.69) is 5.32 Å². The first-order valence-corrected chi connectivity index (χ1v) is 8.35. The molecule has 2 aromatic rings. The smallest absolute Gasteiger partial charge is 0.325 e. The third-order valence-corrected chi connectivity index (χ3v) is 3.39. The maximum Gasteiger partial charge on any atom is 0.373 e. The van der Waals surface area contributed by atoms with E-state index < -0.39 is 17.6 Å². The second kappa shape index (κ2) is 8.60. The molecule has 26 heavy (non-hydrogen) atoms. The SMILES string of the molecule is CC(C)(C)OOC(=O)c1ccc(NC(=O)C(N)Cc2ccccc2)cc1. The Balaban J connectivity index is 1.89. The summed E-state index contributed by atoms with van der Waals surface area (Å²) in [7, 11) is 0. The molecule has 2 aromatic carbocycles. The predicted octanol–water partition coefficient (Wildman–Crippen LogP) is 3.08. The van der Waals surface area contributed by atoms with Gasteiger partial charge in [0, 0.05) is 5.69 Å². The maximum absolute atomic E-state index is 12.2. The summed E-state index contributed by atoms with van der Waals surface area (Å²) >= 11 is 0. The van der Waals surface area contributed by atoms with Crippen LogP contribution in [-0.2, 0) is 21.0 Å². The lowest BCUT2D eigenvalue weighted by molar-refractivity contribution is -0.301. The molecule has 1 atom stereocenters. The zero-order valence-corrected chi connectivity index (χ0v) is 15.2. The summed E-state index contributed by atoms with van der Waals surface area (Å²) in [5.41, 5.74) is 7.23. The highest BCUT2D eigenvalue weighted by Crippen LogP contribution is 2.14. The standard InChI is InChI=1S/C20H24N2O4/c1-20(2,3)26-25-19(24)15-9-11-16(12-10-15)22-18(23)17(21)13-14-7-5-4-6-8-14/h4-12,17H,13,21H2,1-3H3,(H,22,23). The minimum Gasteiger partial charge on any atom is -0.325 e. The van der Waals surface area contributed by atoms with Gasteiger partial charge in [-0.2, -0.15) is 4.89 Å². The molecule has 0 radical (unpaired) electrons. The van der Waals surface area contributed by atoms with Gasteiger partial charge in [0.25, 0.3) is 0 Å². The van der Waals surface area contributed by atoms with E-state index in [0.29, 0.717) is 17.7 Å². The molecule has 3 N–H and O–H groups in total. The fourth-order valence-corrected chi connectivity index (χ4v) is 2.10. The lowest BCUT2D eigenvalue weighted by Gasteiger charge is -2.16. The third kappa shape index (κ3) is 6.31. The second-order valence-corrected chi connectivity index (χ2v) is 6.93. The van der Waals surface area contributed by atoms with Crippen LogP contribution >= 0.6 is 0 Å². The van der Waals surface area contributed by atoms with Crippen molar-refractivity contribution in [1.29, 1.82) is 0 Å². The Morgan fingerprint density at radius 1 is 1.04 bits per heavy atom. The Morgan fingerprint density at radius 2 is 1.65 bits per heavy atom. The molecule has 0 bridgehead atoms. The second-order valence-electron chi connectivity index (χ2n) is 6.93. The molecule has 0 aliphatic carbocycles. The van der Waals surface area contributed by atoms with Gasteiger partial charge in [0.1, 0.15) is 5.60 Å². The number of carbonyl (C=O) groups is 2. The highest BCUT2D eigenvalue weighted by atomic mass is 17.2. The number of nitrogens with two attached hydrogens (primary N) is 1. The van der Waals surface area contributed by atoms with Crippen LogP contribution in [0.5, 0.6) is 0 Å². The van der Waals surface area contributed by atoms with E-state index in [1.54, 1.807) is 45.0 Å². The largest absolute Gasteiger partial charge is 0.373 e. The molecule has 0 fully saturated rings. The molecular formula is C20H24N2O4. The van der Waals surface area contributed by atoms with Gasteiger partial charge in [0.15, 0.2) is 0 Å². The van der Waals surface area contributed by atoms with E-state index in [9.17, 15) is 9.59 Å². The van der Waals surface area contributed by atoms with Crippen molar-refractivity contribution in [3.8, 4) is 0 Å². The van der Waals surface area contributed by atoms with E-state index >= 15 is 0 Å². The summed E-state index contributed by atoms with van der Waals surface area (Å²) in [6.45, 7) is 5.33. The molecule has 138 valence electrons. The summed E-state index contributed by atoms with van der Waals surface area (Å²) in [6, 6.07) is 15.2. The van der Waals surface area contributed by atoms with Gasteiger partial charge >= 0.3 is 5.97 Å². The van der Waals surface area contributed by atoms with Crippen molar-refractivity contribution < 1.29 is 19.4 Å². The number of hydrogen-bond donors (Lipinski definition) is 2. The molecule has 0 saturated carbocycles. The number of nitrogens with one attached hydrogen (secondary N) is 1. The van der Waals surface area contributed by atoms with Crippen LogP contribution < -0.4 is 11.1 Å². The van der Waals surface area contributed by atoms with Gasteiger partial charge in [-0.05, 0) is 57.0 Å². The van der Waals surface area contributed by atoms with E-state index in [4.69, 9.17) is 15.5 Å². The lowest BCUT2D eigenvalue weighted by atomic mass is 10.1. The van der Waals surface area contributed by atoms with E-state index in [-0.39, 0.29) is 5.91 Å². The number of rotatable bonds is 6. The molecule has 1 amide bonds. The summed E-state index contributed by atoms with van der Waals surface area (Å²) in [4.78, 5) is 33.8. The average molecular weight is 356 g/mol. The first-order chi connectivity index (χ1) is 12.2. The van der Waals surface area contributed by atoms with Gasteiger partial charge in [0.2, 0.25) is 5.91 Å². The molecule has 0 aliphatic rings. The average Bonchev–Trinajstić information content (AvgIpc) is 2.60. The highest BCUT2D eigenvalue weighted by molar-refractivity contribution is 5.95. The molecule has 6 nitrogen and oxygen atoms in total. The van der Waals surface area contributed by atoms with Crippen molar-refractivity contribution in [1.82, 2.24) is 0 Å². The minimum absolute atomic E-state index is 0.291. The van der Waals surface area contributed by atoms with Gasteiger partial charge in [-0.25, -0.2) is 4.79 Å². The molecule has 0 aromatic heterocycles. The quantitative estimate of drug-likeness (QED) is 0.613. The van der Waals surface area contributed by atoms with Crippen molar-refractivity contribution in [3.05, 3.63) is 65.7 Å². The van der Waals surface area contributed by atoms with Crippen molar-refractivity contribution in [2.75, 3.05) is 5.32 Å². The Hall–Kier alpha value is -2.70. The molecule has 0 saturated heterocycles. The van der Waals surface area contributed by atoms with Crippen LogP contribution in [0.3, 0.4) is 0 Å². The van der Waals surface area contributed by atoms with E-state index in [1.165, 1.54) is 0 Å². The molecule has 2 rings (SSSR count). The summed E-state index contributed by atoms with van der Waals surface area (Å²) in [5, 5.41) is 2.74. The monoisotopic (exact) mass is 356 g/mol. The van der Waals surface area contributed by atoms with Crippen LogP contribution in [0.4, 0.5) is 5.69 Å². The molecule has 1 unspecified atom stereocenters. The fraction of sp³-hybridized carbons (Fsp3) is 0.300. The van der Waals surface area contributed by atoms with E-state index in [1.807, 2.05) is 30.3 Å². The van der Waals surface area contributed by atoms with Gasteiger partial charge in [-0.15, -0.1) is 0 Å². The van der Waals surface area contributed by atoms with Gasteiger partial charge in [0.05, 0.1) is 11.6 Å². The third-order valence-electron chi connectivity index (χ3n) is 3.39. The number of amides is 1. The molecule has 0 aliphatic heterocycles. The van der Waals surface area contributed by atoms with Crippen LogP contribution in [-0.4, -0.2) is 23.5 Å². The predicted molar refractivity (Wildman–Crippen MR) is 99.4 cm³/mol. The molecular weight excluding hydrogens is 332 g/mol. The van der Waals surface area contributed by atoms with Crippen molar-refractivity contribution in [2.45, 2.75) is 38.8 Å². The summed E-state index contributed by atoms with van der Waals surface area (Å²) in [5.74, 6) is -0.890. The van der Waals surface area contributed by atoms with Crippen LogP contribution in [0.25, 0.3) is 0 Å². The Bertz CT molecular complexity index is 737. The van der Waals surface area contributed by atoms with Crippen molar-refractivity contribution in [3.63, 3.8) is 0 Å². The number of anilines is 1. The lowest BCUT2D eigenvalue weighted by Crippen LogP contribution is -2.37. The number of benzene rings is 2. The Morgan fingerprint density at radius 3 is 2.23 bits per heavy atom. The molecule has 0 heterocycles. The van der Waals surface area contributed by atoms with Crippen LogP contribution in [0.1, 0.15) is 36.7 Å². The van der Waals surface area contributed by atoms with Crippen molar-refractivity contribution in [2.24, 2.45) is 5.73 Å². The number of hydrogen-bond acceptors (Lipinski definition) is 5. The minimum atomic E-state index is -0.665. The van der Waals surface area contributed by atoms with Crippen molar-refractivity contribution >= 4 is 17.6 Å². The topological polar surface area (TPSA) is 90.6 Å². The highest BCUT2D eigenvalue weighted by Gasteiger charge is 2.17. The summed E-state index contributed by atoms with van der Waals surface area (Å²) in [6.07, 6.45) is 0.446. The van der Waals surface area contributed by atoms with Gasteiger partial charge < -0.3 is 11.1 Å². The van der Waals surface area contributed by atoms with Gasteiger partial charge in [-0.3, -0.25) is 9.68 Å². The normalized spacial score (nSPS) is 12.3. The Kier molecular flexibility index (Phi) is 6.49.